The molecule has 2 aromatic rings. The van der Waals surface area contributed by atoms with Crippen LogP contribution in [-0.4, -0.2) is 48.5 Å². The van der Waals surface area contributed by atoms with Crippen LogP contribution < -0.4 is 4.74 Å². The molecule has 1 heterocycles. The molecule has 4 nitrogen and oxygen atoms in total. The maximum absolute atomic E-state index is 12.5. The summed E-state index contributed by atoms with van der Waals surface area (Å²) in [6.45, 7) is 7.95. The number of halogens is 2. The van der Waals surface area contributed by atoms with Crippen LogP contribution in [0.15, 0.2) is 36.4 Å². The molecule has 6 heteroatoms. The highest BCUT2D eigenvalue weighted by Gasteiger charge is 2.22. The second kappa shape index (κ2) is 8.96. The van der Waals surface area contributed by atoms with E-state index in [2.05, 4.69) is 4.90 Å². The zero-order valence-electron chi connectivity index (χ0n) is 15.7. The van der Waals surface area contributed by atoms with Gasteiger partial charge >= 0.3 is 0 Å². The Hall–Kier alpha value is -1.75. The first kappa shape index (κ1) is 20.0. The van der Waals surface area contributed by atoms with Crippen LogP contribution in [0, 0.1) is 13.8 Å². The summed E-state index contributed by atoms with van der Waals surface area (Å²) in [5, 5.41) is 1.43. The van der Waals surface area contributed by atoms with Crippen LogP contribution in [0.1, 0.15) is 16.7 Å². The zero-order chi connectivity index (χ0) is 19.4. The topological polar surface area (TPSA) is 32.8 Å². The molecule has 0 N–H and O–H groups in total. The minimum Gasteiger partial charge on any atom is -0.483 e. The molecule has 1 aliphatic heterocycles. The van der Waals surface area contributed by atoms with E-state index in [9.17, 15) is 4.79 Å². The van der Waals surface area contributed by atoms with Crippen molar-refractivity contribution in [1.82, 2.24) is 9.80 Å². The number of hydrogen-bond donors (Lipinski definition) is 0. The van der Waals surface area contributed by atoms with Gasteiger partial charge in [-0.05, 0) is 54.8 Å². The van der Waals surface area contributed by atoms with E-state index in [1.807, 2.05) is 55.1 Å². The summed E-state index contributed by atoms with van der Waals surface area (Å²) in [6.07, 6.45) is 0. The highest BCUT2D eigenvalue weighted by atomic mass is 35.5. The Balaban J connectivity index is 1.48. The van der Waals surface area contributed by atoms with Gasteiger partial charge in [0, 0.05) is 42.8 Å². The van der Waals surface area contributed by atoms with E-state index >= 15 is 0 Å². The molecule has 0 radical (unpaired) electrons. The standard InChI is InChI=1S/C21H24Cl2N2O2/c1-15-11-19(23)12-16(2)21(15)27-14-20(26)25-9-7-24(8-10-25)13-17-3-5-18(22)6-4-17/h3-6,11-12H,7-10,13-14H2,1-2H3. The lowest BCUT2D eigenvalue weighted by Gasteiger charge is -2.34. The average Bonchev–Trinajstić information content (AvgIpc) is 2.63. The summed E-state index contributed by atoms with van der Waals surface area (Å²) in [5.74, 6) is 0.768. The monoisotopic (exact) mass is 406 g/mol. The van der Waals surface area contributed by atoms with Gasteiger partial charge in [0.25, 0.3) is 5.91 Å². The maximum Gasteiger partial charge on any atom is 0.260 e. The van der Waals surface area contributed by atoms with Crippen LogP contribution in [-0.2, 0) is 11.3 Å². The van der Waals surface area contributed by atoms with Gasteiger partial charge in [0.2, 0.25) is 0 Å². The first-order valence-corrected chi connectivity index (χ1v) is 9.82. The Labute approximate surface area is 170 Å². The Morgan fingerprint density at radius 2 is 1.56 bits per heavy atom. The van der Waals surface area contributed by atoms with Crippen molar-refractivity contribution in [2.75, 3.05) is 32.8 Å². The minimum atomic E-state index is 0.0230. The van der Waals surface area contributed by atoms with Gasteiger partial charge in [0.05, 0.1) is 0 Å². The SMILES string of the molecule is Cc1cc(Cl)cc(C)c1OCC(=O)N1CCN(Cc2ccc(Cl)cc2)CC1. The molecule has 144 valence electrons. The van der Waals surface area contributed by atoms with E-state index in [0.717, 1.165) is 41.5 Å². The molecule has 0 spiro atoms. The molecule has 0 saturated carbocycles. The molecule has 0 atom stereocenters. The van der Waals surface area contributed by atoms with Crippen molar-refractivity contribution in [2.45, 2.75) is 20.4 Å². The largest absolute Gasteiger partial charge is 0.483 e. The number of benzene rings is 2. The highest BCUT2D eigenvalue weighted by molar-refractivity contribution is 6.31. The normalized spacial score (nSPS) is 15.0. The molecule has 0 aromatic heterocycles. The van der Waals surface area contributed by atoms with Crippen LogP contribution in [0.25, 0.3) is 0 Å². The van der Waals surface area contributed by atoms with Crippen LogP contribution >= 0.6 is 23.2 Å². The Bertz CT molecular complexity index is 777. The molecule has 1 saturated heterocycles. The van der Waals surface area contributed by atoms with Crippen LogP contribution in [0.4, 0.5) is 0 Å². The number of carbonyl (C=O) groups is 1. The van der Waals surface area contributed by atoms with Crippen molar-refractivity contribution in [2.24, 2.45) is 0 Å². The third-order valence-electron chi connectivity index (χ3n) is 4.81. The lowest BCUT2D eigenvalue weighted by Crippen LogP contribution is -2.49. The van der Waals surface area contributed by atoms with Gasteiger partial charge in [0.15, 0.2) is 6.61 Å². The molecule has 1 amide bonds. The van der Waals surface area contributed by atoms with Crippen LogP contribution in [0.5, 0.6) is 5.75 Å². The number of hydrogen-bond acceptors (Lipinski definition) is 3. The van der Waals surface area contributed by atoms with E-state index < -0.39 is 0 Å². The Kier molecular flexibility index (Phi) is 6.64. The second-order valence-corrected chi connectivity index (χ2v) is 7.81. The van der Waals surface area contributed by atoms with Gasteiger partial charge in [-0.25, -0.2) is 0 Å². The summed E-state index contributed by atoms with van der Waals surface area (Å²) in [6, 6.07) is 11.6. The second-order valence-electron chi connectivity index (χ2n) is 6.94. The van der Waals surface area contributed by atoms with Gasteiger partial charge in [-0.2, -0.15) is 0 Å². The van der Waals surface area contributed by atoms with Gasteiger partial charge in [-0.1, -0.05) is 35.3 Å². The molecule has 3 rings (SSSR count). The molecule has 0 aliphatic carbocycles. The maximum atomic E-state index is 12.5. The number of amides is 1. The van der Waals surface area contributed by atoms with Crippen molar-refractivity contribution in [1.29, 1.82) is 0 Å². The van der Waals surface area contributed by atoms with E-state index in [-0.39, 0.29) is 12.5 Å². The quantitative estimate of drug-likeness (QED) is 0.740. The lowest BCUT2D eigenvalue weighted by molar-refractivity contribution is -0.135. The molecular weight excluding hydrogens is 383 g/mol. The average molecular weight is 407 g/mol. The molecular formula is C21H24Cl2N2O2. The van der Waals surface area contributed by atoms with Crippen molar-refractivity contribution in [3.63, 3.8) is 0 Å². The first-order chi connectivity index (χ1) is 12.9. The number of nitrogens with zero attached hydrogens (tertiary/aromatic N) is 2. The first-order valence-electron chi connectivity index (χ1n) is 9.06. The minimum absolute atomic E-state index is 0.0230. The molecule has 1 fully saturated rings. The Morgan fingerprint density at radius 3 is 2.15 bits per heavy atom. The van der Waals surface area contributed by atoms with E-state index in [1.165, 1.54) is 5.56 Å². The highest BCUT2D eigenvalue weighted by Crippen LogP contribution is 2.27. The number of rotatable bonds is 5. The third kappa shape index (κ3) is 5.38. The molecule has 0 bridgehead atoms. The number of piperazine rings is 1. The molecule has 1 aliphatic rings. The van der Waals surface area contributed by atoms with E-state index in [0.29, 0.717) is 18.1 Å². The summed E-state index contributed by atoms with van der Waals surface area (Å²) in [7, 11) is 0. The third-order valence-corrected chi connectivity index (χ3v) is 5.28. The Morgan fingerprint density at radius 1 is 0.963 bits per heavy atom. The summed E-state index contributed by atoms with van der Waals surface area (Å²) in [4.78, 5) is 16.7. The predicted molar refractivity (Wildman–Crippen MR) is 110 cm³/mol. The summed E-state index contributed by atoms with van der Waals surface area (Å²) in [5.41, 5.74) is 3.12. The smallest absolute Gasteiger partial charge is 0.260 e. The number of ether oxygens (including phenoxy) is 1. The molecule has 2 aromatic carbocycles. The van der Waals surface area contributed by atoms with Gasteiger partial charge < -0.3 is 9.64 Å². The molecule has 27 heavy (non-hydrogen) atoms. The molecule has 0 unspecified atom stereocenters. The van der Waals surface area contributed by atoms with Gasteiger partial charge in [-0.15, -0.1) is 0 Å². The van der Waals surface area contributed by atoms with Gasteiger partial charge in [0.1, 0.15) is 5.75 Å². The summed E-state index contributed by atoms with van der Waals surface area (Å²) < 4.78 is 5.80. The van der Waals surface area contributed by atoms with Crippen molar-refractivity contribution in [3.8, 4) is 5.75 Å². The van der Waals surface area contributed by atoms with Crippen molar-refractivity contribution in [3.05, 3.63) is 63.1 Å². The number of carbonyl (C=O) groups excluding carboxylic acids is 1. The zero-order valence-corrected chi connectivity index (χ0v) is 17.2. The van der Waals surface area contributed by atoms with Crippen LogP contribution in [0.2, 0.25) is 10.0 Å². The fourth-order valence-corrected chi connectivity index (χ4v) is 3.81. The van der Waals surface area contributed by atoms with Crippen molar-refractivity contribution >= 4 is 29.1 Å². The lowest BCUT2D eigenvalue weighted by atomic mass is 10.1. The van der Waals surface area contributed by atoms with E-state index in [4.69, 9.17) is 27.9 Å². The fraction of sp³-hybridized carbons (Fsp3) is 0.381. The van der Waals surface area contributed by atoms with Crippen LogP contribution in [0.3, 0.4) is 0 Å². The predicted octanol–water partition coefficient (Wildman–Crippen LogP) is 4.33. The van der Waals surface area contributed by atoms with Crippen molar-refractivity contribution < 1.29 is 9.53 Å². The van der Waals surface area contributed by atoms with Gasteiger partial charge in [-0.3, -0.25) is 9.69 Å². The van der Waals surface area contributed by atoms with E-state index in [1.54, 1.807) is 0 Å². The number of aryl methyl sites for hydroxylation is 2. The fourth-order valence-electron chi connectivity index (χ4n) is 3.35. The summed E-state index contributed by atoms with van der Waals surface area (Å²) >= 11 is 12.0.